The minimum atomic E-state index is -3.77. The lowest BCUT2D eigenvalue weighted by Gasteiger charge is -2.34. The largest absolute Gasteiger partial charge is 0.486 e. The molecule has 1 fully saturated rings. The lowest BCUT2D eigenvalue weighted by Crippen LogP contribution is -2.47. The summed E-state index contributed by atoms with van der Waals surface area (Å²) in [7, 11) is -3.77. The van der Waals surface area contributed by atoms with E-state index in [0.717, 1.165) is 25.1 Å². The van der Waals surface area contributed by atoms with Gasteiger partial charge in [-0.05, 0) is 43.2 Å². The fourth-order valence-corrected chi connectivity index (χ4v) is 4.94. The van der Waals surface area contributed by atoms with E-state index in [1.807, 2.05) is 11.0 Å². The number of fused-ring (bicyclic) bond motifs is 1. The van der Waals surface area contributed by atoms with Crippen LogP contribution in [0.1, 0.15) is 12.8 Å². The summed E-state index contributed by atoms with van der Waals surface area (Å²) in [6, 6.07) is 10.9. The summed E-state index contributed by atoms with van der Waals surface area (Å²) in [5, 5.41) is 0. The van der Waals surface area contributed by atoms with Crippen molar-refractivity contribution in [3.05, 3.63) is 48.3 Å². The number of nitrogens with one attached hydrogen (secondary N) is 1. The Morgan fingerprint density at radius 3 is 2.78 bits per heavy atom. The van der Waals surface area contributed by atoms with Crippen molar-refractivity contribution in [2.75, 3.05) is 31.2 Å². The molecule has 2 aromatic rings. The lowest BCUT2D eigenvalue weighted by molar-refractivity contribution is 0.167. The van der Waals surface area contributed by atoms with E-state index in [4.69, 9.17) is 9.47 Å². The predicted molar refractivity (Wildman–Crippen MR) is 99.4 cm³/mol. The predicted octanol–water partition coefficient (Wildman–Crippen LogP) is 2.54. The maximum atomic E-state index is 13.5. The zero-order valence-corrected chi connectivity index (χ0v) is 15.5. The number of piperidine rings is 1. The van der Waals surface area contributed by atoms with Gasteiger partial charge in [-0.3, -0.25) is 0 Å². The van der Waals surface area contributed by atoms with E-state index in [-0.39, 0.29) is 22.5 Å². The van der Waals surface area contributed by atoms with Gasteiger partial charge in [0.25, 0.3) is 0 Å². The molecule has 1 unspecified atom stereocenters. The molecule has 2 aromatic carbocycles. The Bertz CT molecular complexity index is 935. The van der Waals surface area contributed by atoms with Crippen LogP contribution in [0.15, 0.2) is 47.4 Å². The topological polar surface area (TPSA) is 67.9 Å². The van der Waals surface area contributed by atoms with E-state index in [9.17, 15) is 12.8 Å². The van der Waals surface area contributed by atoms with Gasteiger partial charge in [0.05, 0.1) is 0 Å². The second kappa shape index (κ2) is 7.36. The molecule has 0 saturated carbocycles. The fraction of sp³-hybridized carbons (Fsp3) is 0.368. The monoisotopic (exact) mass is 392 g/mol. The van der Waals surface area contributed by atoms with Crippen LogP contribution in [0.3, 0.4) is 0 Å². The average Bonchev–Trinajstić information content (AvgIpc) is 2.67. The molecule has 6 nitrogen and oxygen atoms in total. The fourth-order valence-electron chi connectivity index (χ4n) is 3.52. The number of benzene rings is 2. The highest BCUT2D eigenvalue weighted by atomic mass is 32.2. The second-order valence-corrected chi connectivity index (χ2v) is 8.35. The van der Waals surface area contributed by atoms with Gasteiger partial charge in [-0.1, -0.05) is 12.1 Å². The third-order valence-electron chi connectivity index (χ3n) is 4.74. The summed E-state index contributed by atoms with van der Waals surface area (Å²) in [4.78, 5) is 2.09. The van der Waals surface area contributed by atoms with Gasteiger partial charge < -0.3 is 14.4 Å². The molecule has 144 valence electrons. The van der Waals surface area contributed by atoms with Crippen LogP contribution in [0.2, 0.25) is 0 Å². The summed E-state index contributed by atoms with van der Waals surface area (Å²) in [6.45, 7) is 1.96. The molecule has 0 aliphatic carbocycles. The van der Waals surface area contributed by atoms with Crippen molar-refractivity contribution >= 4 is 15.7 Å². The number of nitrogens with zero attached hydrogens (tertiary/aromatic N) is 1. The zero-order valence-electron chi connectivity index (χ0n) is 14.7. The van der Waals surface area contributed by atoms with Gasteiger partial charge in [0.1, 0.15) is 23.9 Å². The van der Waals surface area contributed by atoms with Crippen LogP contribution < -0.4 is 19.1 Å². The first kappa shape index (κ1) is 18.1. The van der Waals surface area contributed by atoms with Crippen LogP contribution in [0, 0.1) is 5.82 Å². The standard InChI is InChI=1S/C19H21FN2O4S/c20-14-4-1-6-16(12-14)22-9-3-5-15(13-22)21-27(23,24)18-8-2-7-17-19(18)26-11-10-25-17/h1-2,4,6-8,12,15,21H,3,5,9-11,13H2. The number of sulfonamides is 1. The molecule has 0 bridgehead atoms. The van der Waals surface area contributed by atoms with Gasteiger partial charge in [-0.15, -0.1) is 0 Å². The van der Waals surface area contributed by atoms with E-state index in [0.29, 0.717) is 25.5 Å². The Morgan fingerprint density at radius 1 is 1.11 bits per heavy atom. The lowest BCUT2D eigenvalue weighted by atomic mass is 10.1. The number of ether oxygens (including phenoxy) is 2. The van der Waals surface area contributed by atoms with E-state index >= 15 is 0 Å². The average molecular weight is 392 g/mol. The second-order valence-electron chi connectivity index (χ2n) is 6.67. The van der Waals surface area contributed by atoms with Gasteiger partial charge in [0.15, 0.2) is 11.5 Å². The zero-order chi connectivity index (χ0) is 18.9. The number of para-hydroxylation sites is 1. The third-order valence-corrected chi connectivity index (χ3v) is 6.28. The number of hydrogen-bond donors (Lipinski definition) is 1. The highest BCUT2D eigenvalue weighted by Gasteiger charge is 2.29. The quantitative estimate of drug-likeness (QED) is 0.866. The van der Waals surface area contributed by atoms with E-state index in [1.54, 1.807) is 18.2 Å². The van der Waals surface area contributed by atoms with Gasteiger partial charge in [0, 0.05) is 24.8 Å². The molecule has 27 heavy (non-hydrogen) atoms. The minimum Gasteiger partial charge on any atom is -0.486 e. The minimum absolute atomic E-state index is 0.0857. The van der Waals surface area contributed by atoms with E-state index in [1.165, 1.54) is 18.2 Å². The molecular weight excluding hydrogens is 371 g/mol. The molecule has 1 atom stereocenters. The van der Waals surface area contributed by atoms with Gasteiger partial charge >= 0.3 is 0 Å². The highest BCUT2D eigenvalue weighted by molar-refractivity contribution is 7.89. The Balaban J connectivity index is 1.53. The molecule has 1 saturated heterocycles. The van der Waals surface area contributed by atoms with Crippen LogP contribution in [0.25, 0.3) is 0 Å². The molecule has 4 rings (SSSR count). The summed E-state index contributed by atoms with van der Waals surface area (Å²) >= 11 is 0. The van der Waals surface area contributed by atoms with Gasteiger partial charge in [0.2, 0.25) is 10.0 Å². The third kappa shape index (κ3) is 3.86. The first-order valence-electron chi connectivity index (χ1n) is 8.94. The van der Waals surface area contributed by atoms with Crippen molar-refractivity contribution in [2.45, 2.75) is 23.8 Å². The Hall–Kier alpha value is -2.32. The molecule has 1 N–H and O–H groups in total. The molecule has 0 amide bonds. The summed E-state index contributed by atoms with van der Waals surface area (Å²) in [6.07, 6.45) is 1.54. The molecule has 0 spiro atoms. The number of halogens is 1. The molecule has 2 aliphatic rings. The van der Waals surface area contributed by atoms with Crippen molar-refractivity contribution in [1.82, 2.24) is 4.72 Å². The number of rotatable bonds is 4. The number of hydrogen-bond acceptors (Lipinski definition) is 5. The van der Waals surface area contributed by atoms with Crippen LogP contribution in [0.4, 0.5) is 10.1 Å². The van der Waals surface area contributed by atoms with E-state index < -0.39 is 10.0 Å². The first-order chi connectivity index (χ1) is 13.0. The molecule has 2 heterocycles. The van der Waals surface area contributed by atoms with Crippen LogP contribution in [0.5, 0.6) is 11.5 Å². The molecular formula is C19H21FN2O4S. The smallest absolute Gasteiger partial charge is 0.244 e. The molecule has 0 aromatic heterocycles. The van der Waals surface area contributed by atoms with E-state index in [2.05, 4.69) is 4.72 Å². The van der Waals surface area contributed by atoms with Crippen molar-refractivity contribution in [3.63, 3.8) is 0 Å². The van der Waals surface area contributed by atoms with Crippen molar-refractivity contribution < 1.29 is 22.3 Å². The normalized spacial score (nSPS) is 19.7. The molecule has 2 aliphatic heterocycles. The Morgan fingerprint density at radius 2 is 1.93 bits per heavy atom. The van der Waals surface area contributed by atoms with Crippen LogP contribution in [-0.4, -0.2) is 40.8 Å². The van der Waals surface area contributed by atoms with Crippen LogP contribution in [-0.2, 0) is 10.0 Å². The highest BCUT2D eigenvalue weighted by Crippen LogP contribution is 2.36. The Labute approximate surface area is 157 Å². The maximum Gasteiger partial charge on any atom is 0.244 e. The maximum absolute atomic E-state index is 13.5. The van der Waals surface area contributed by atoms with Gasteiger partial charge in [-0.2, -0.15) is 0 Å². The Kier molecular flexibility index (Phi) is 4.92. The summed E-state index contributed by atoms with van der Waals surface area (Å²) in [5.41, 5.74) is 0.757. The van der Waals surface area contributed by atoms with Gasteiger partial charge in [-0.25, -0.2) is 17.5 Å². The summed E-state index contributed by atoms with van der Waals surface area (Å²) in [5.74, 6) is 0.395. The first-order valence-corrected chi connectivity index (χ1v) is 10.4. The van der Waals surface area contributed by atoms with Crippen molar-refractivity contribution in [1.29, 1.82) is 0 Å². The molecule has 8 heteroatoms. The van der Waals surface area contributed by atoms with Crippen LogP contribution >= 0.6 is 0 Å². The summed E-state index contributed by atoms with van der Waals surface area (Å²) < 4.78 is 53.2. The van der Waals surface area contributed by atoms with Crippen molar-refractivity contribution in [3.8, 4) is 11.5 Å². The number of anilines is 1. The SMILES string of the molecule is O=S(=O)(NC1CCCN(c2cccc(F)c2)C1)c1cccc2c1OCCO2. The molecule has 0 radical (unpaired) electrons. The van der Waals surface area contributed by atoms with Crippen molar-refractivity contribution in [2.24, 2.45) is 0 Å².